The molecule has 1 rings (SSSR count). The lowest BCUT2D eigenvalue weighted by Crippen LogP contribution is -2.40. The molecule has 1 N–H and O–H groups in total. The van der Waals surface area contributed by atoms with Gasteiger partial charge in [-0.25, -0.2) is 0 Å². The van der Waals surface area contributed by atoms with E-state index in [0.717, 1.165) is 12.8 Å². The smallest absolute Gasteiger partial charge is 0.221 e. The molecule has 0 radical (unpaired) electrons. The summed E-state index contributed by atoms with van der Waals surface area (Å²) in [6, 6.07) is 1.93. The van der Waals surface area contributed by atoms with Gasteiger partial charge >= 0.3 is 0 Å². The second-order valence-electron chi connectivity index (χ2n) is 4.67. The average Bonchev–Trinajstić information content (AvgIpc) is 2.37. The Bertz CT molecular complexity index is 267. The molecule has 1 aliphatic carbocycles. The first-order valence-electron chi connectivity index (χ1n) is 6.46. The minimum atomic E-state index is -0.301. The monoisotopic (exact) mass is 238 g/mol. The number of hydrogen-bond donors (Lipinski definition) is 1. The fraction of sp³-hybridized carbons (Fsp3) is 0.846. The van der Waals surface area contributed by atoms with Crippen LogP contribution in [0.5, 0.6) is 0 Å². The Balaban J connectivity index is 2.30. The van der Waals surface area contributed by atoms with Gasteiger partial charge in [-0.1, -0.05) is 19.3 Å². The van der Waals surface area contributed by atoms with Crippen molar-refractivity contribution < 1.29 is 9.53 Å². The molecule has 0 bridgehead atoms. The fourth-order valence-electron chi connectivity index (χ4n) is 2.35. The van der Waals surface area contributed by atoms with Crippen LogP contribution in [0.2, 0.25) is 0 Å². The number of amides is 1. The summed E-state index contributed by atoms with van der Waals surface area (Å²) in [5.41, 5.74) is 0. The first-order valence-corrected chi connectivity index (χ1v) is 6.46. The highest BCUT2D eigenvalue weighted by atomic mass is 16.5. The molecule has 1 amide bonds. The standard InChI is InChI=1S/C13H22N2O2/c1-17-9-5-8-13(16)15-12(10-14)11-6-3-2-4-7-11/h11-12H,2-9H2,1H3,(H,15,16). The summed E-state index contributed by atoms with van der Waals surface area (Å²) in [6.07, 6.45) is 6.91. The molecule has 4 heteroatoms. The third-order valence-corrected chi connectivity index (χ3v) is 3.33. The minimum Gasteiger partial charge on any atom is -0.385 e. The van der Waals surface area contributed by atoms with Crippen LogP contribution in [0.1, 0.15) is 44.9 Å². The molecular weight excluding hydrogens is 216 g/mol. The van der Waals surface area contributed by atoms with Crippen molar-refractivity contribution >= 4 is 5.91 Å². The lowest BCUT2D eigenvalue weighted by atomic mass is 9.84. The maximum atomic E-state index is 11.6. The van der Waals surface area contributed by atoms with Crippen LogP contribution in [0.15, 0.2) is 0 Å². The van der Waals surface area contributed by atoms with E-state index in [1.54, 1.807) is 7.11 Å². The Kier molecular flexibility index (Phi) is 6.64. The minimum absolute atomic E-state index is 0.0285. The zero-order chi connectivity index (χ0) is 12.5. The summed E-state index contributed by atoms with van der Waals surface area (Å²) in [7, 11) is 1.62. The molecule has 0 aromatic heterocycles. The molecule has 0 saturated heterocycles. The quantitative estimate of drug-likeness (QED) is 0.720. The molecular formula is C13H22N2O2. The summed E-state index contributed by atoms with van der Waals surface area (Å²) in [6.45, 7) is 0.591. The number of nitriles is 1. The maximum absolute atomic E-state index is 11.6. The second kappa shape index (κ2) is 8.08. The SMILES string of the molecule is COCCCC(=O)NC(C#N)C1CCCCC1. The largest absolute Gasteiger partial charge is 0.385 e. The highest BCUT2D eigenvalue weighted by molar-refractivity contribution is 5.76. The highest BCUT2D eigenvalue weighted by Crippen LogP contribution is 2.26. The first-order chi connectivity index (χ1) is 8.27. The number of carbonyl (C=O) groups is 1. The van der Waals surface area contributed by atoms with E-state index in [0.29, 0.717) is 25.4 Å². The Morgan fingerprint density at radius 2 is 2.18 bits per heavy atom. The number of methoxy groups -OCH3 is 1. The molecule has 1 aliphatic rings. The predicted molar refractivity (Wildman–Crippen MR) is 65.2 cm³/mol. The van der Waals surface area contributed by atoms with Gasteiger partial charge in [-0.15, -0.1) is 0 Å². The van der Waals surface area contributed by atoms with Crippen molar-refractivity contribution in [1.29, 1.82) is 5.26 Å². The molecule has 0 spiro atoms. The van der Waals surface area contributed by atoms with Gasteiger partial charge in [0.2, 0.25) is 5.91 Å². The molecule has 0 aliphatic heterocycles. The van der Waals surface area contributed by atoms with E-state index >= 15 is 0 Å². The van der Waals surface area contributed by atoms with Crippen molar-refractivity contribution in [3.05, 3.63) is 0 Å². The molecule has 1 saturated carbocycles. The average molecular weight is 238 g/mol. The van der Waals surface area contributed by atoms with Crippen LogP contribution in [0.4, 0.5) is 0 Å². The van der Waals surface area contributed by atoms with E-state index in [2.05, 4.69) is 11.4 Å². The summed E-state index contributed by atoms with van der Waals surface area (Å²) < 4.78 is 4.89. The van der Waals surface area contributed by atoms with Crippen molar-refractivity contribution in [2.24, 2.45) is 5.92 Å². The zero-order valence-corrected chi connectivity index (χ0v) is 10.6. The molecule has 4 nitrogen and oxygen atoms in total. The zero-order valence-electron chi connectivity index (χ0n) is 10.6. The summed E-state index contributed by atoms with van der Waals surface area (Å²) in [4.78, 5) is 11.6. The van der Waals surface area contributed by atoms with Crippen LogP contribution in [0, 0.1) is 17.2 Å². The van der Waals surface area contributed by atoms with E-state index in [4.69, 9.17) is 10.00 Å². The molecule has 0 heterocycles. The number of nitrogens with one attached hydrogen (secondary N) is 1. The van der Waals surface area contributed by atoms with Gasteiger partial charge in [0, 0.05) is 20.1 Å². The van der Waals surface area contributed by atoms with Gasteiger partial charge in [-0.2, -0.15) is 5.26 Å². The molecule has 1 unspecified atom stereocenters. The van der Waals surface area contributed by atoms with E-state index in [1.807, 2.05) is 0 Å². The van der Waals surface area contributed by atoms with Crippen LogP contribution >= 0.6 is 0 Å². The molecule has 17 heavy (non-hydrogen) atoms. The van der Waals surface area contributed by atoms with E-state index in [1.165, 1.54) is 19.3 Å². The highest BCUT2D eigenvalue weighted by Gasteiger charge is 2.24. The van der Waals surface area contributed by atoms with Gasteiger partial charge in [-0.3, -0.25) is 4.79 Å². The van der Waals surface area contributed by atoms with Gasteiger partial charge in [0.1, 0.15) is 6.04 Å². The first kappa shape index (κ1) is 14.0. The van der Waals surface area contributed by atoms with Crippen molar-refractivity contribution in [2.45, 2.75) is 51.0 Å². The molecule has 0 aromatic carbocycles. The predicted octanol–water partition coefficient (Wildman–Crippen LogP) is 2.00. The van der Waals surface area contributed by atoms with E-state index in [-0.39, 0.29) is 11.9 Å². The van der Waals surface area contributed by atoms with Gasteiger partial charge in [0.05, 0.1) is 6.07 Å². The van der Waals surface area contributed by atoms with Crippen LogP contribution in [0.25, 0.3) is 0 Å². The van der Waals surface area contributed by atoms with E-state index < -0.39 is 0 Å². The van der Waals surface area contributed by atoms with Crippen LogP contribution < -0.4 is 5.32 Å². The third-order valence-electron chi connectivity index (χ3n) is 3.33. The van der Waals surface area contributed by atoms with Crippen LogP contribution in [0.3, 0.4) is 0 Å². The summed E-state index contributed by atoms with van der Waals surface area (Å²) in [5, 5.41) is 11.9. The Morgan fingerprint density at radius 1 is 1.47 bits per heavy atom. The molecule has 96 valence electrons. The van der Waals surface area contributed by atoms with Crippen LogP contribution in [-0.4, -0.2) is 25.7 Å². The van der Waals surface area contributed by atoms with Crippen LogP contribution in [-0.2, 0) is 9.53 Å². The van der Waals surface area contributed by atoms with Gasteiger partial charge in [0.15, 0.2) is 0 Å². The van der Waals surface area contributed by atoms with Crippen molar-refractivity contribution in [3.63, 3.8) is 0 Å². The molecule has 0 aromatic rings. The van der Waals surface area contributed by atoms with E-state index in [9.17, 15) is 4.79 Å². The number of rotatable bonds is 6. The number of ether oxygens (including phenoxy) is 1. The summed E-state index contributed by atoms with van der Waals surface area (Å²) >= 11 is 0. The van der Waals surface area contributed by atoms with Crippen molar-refractivity contribution in [3.8, 4) is 6.07 Å². The van der Waals surface area contributed by atoms with Gasteiger partial charge in [-0.05, 0) is 25.2 Å². The van der Waals surface area contributed by atoms with Crippen molar-refractivity contribution in [1.82, 2.24) is 5.32 Å². The van der Waals surface area contributed by atoms with Gasteiger partial charge < -0.3 is 10.1 Å². The normalized spacial score (nSPS) is 18.4. The summed E-state index contributed by atoms with van der Waals surface area (Å²) in [5.74, 6) is 0.319. The number of carbonyl (C=O) groups excluding carboxylic acids is 1. The third kappa shape index (κ3) is 5.18. The van der Waals surface area contributed by atoms with Gasteiger partial charge in [0.25, 0.3) is 0 Å². The molecule has 1 atom stereocenters. The lowest BCUT2D eigenvalue weighted by Gasteiger charge is -2.26. The second-order valence-corrected chi connectivity index (χ2v) is 4.67. The lowest BCUT2D eigenvalue weighted by molar-refractivity contribution is -0.122. The number of nitrogens with zero attached hydrogens (tertiary/aromatic N) is 1. The number of hydrogen-bond acceptors (Lipinski definition) is 3. The maximum Gasteiger partial charge on any atom is 0.221 e. The Morgan fingerprint density at radius 3 is 2.76 bits per heavy atom. The van der Waals surface area contributed by atoms with Crippen molar-refractivity contribution in [2.75, 3.05) is 13.7 Å². The Hall–Kier alpha value is -1.08. The Labute approximate surface area is 103 Å². The molecule has 1 fully saturated rings. The fourth-order valence-corrected chi connectivity index (χ4v) is 2.35. The topological polar surface area (TPSA) is 62.1 Å².